The number of carbonyl (C=O) groups is 2. The largest absolute Gasteiger partial charge is 0.497 e. The van der Waals surface area contributed by atoms with Crippen LogP contribution in [0.2, 0.25) is 0 Å². The minimum atomic E-state index is -3.85. The lowest BCUT2D eigenvalue weighted by molar-refractivity contribution is 0.0387. The smallest absolute Gasteiger partial charge is 0.323 e. The maximum absolute atomic E-state index is 13.7. The van der Waals surface area contributed by atoms with Crippen LogP contribution in [0, 0.1) is 5.92 Å². The molecule has 1 heterocycles. The molecule has 0 unspecified atom stereocenters. The molecule has 3 aromatic carbocycles. The summed E-state index contributed by atoms with van der Waals surface area (Å²) < 4.78 is 39.4. The second kappa shape index (κ2) is 13.2. The van der Waals surface area contributed by atoms with Crippen LogP contribution >= 0.6 is 0 Å². The Kier molecular flexibility index (Phi) is 9.71. The molecule has 12 heteroatoms. The van der Waals surface area contributed by atoms with E-state index in [0.29, 0.717) is 17.1 Å². The standard InChI is InChI=1S/C30H36N4O7S/c1-20-17-34(21(2)19-35)29(36)26-16-23(32-30(37)31-22-8-6-5-7-9-22)10-15-27(26)41-28(20)18-33(3)42(38,39)25-13-11-24(40-4)12-14-25/h5-16,20-21,28,35H,17-19H2,1-4H3,(H2,31,32,37)/t20-,21+,28-/m0/s1. The van der Waals surface area contributed by atoms with E-state index in [2.05, 4.69) is 10.6 Å². The average molecular weight is 597 g/mol. The first-order chi connectivity index (χ1) is 20.0. The number of aliphatic hydroxyl groups is 1. The molecule has 0 spiro atoms. The zero-order valence-corrected chi connectivity index (χ0v) is 24.8. The lowest BCUT2D eigenvalue weighted by Crippen LogP contribution is -2.50. The Morgan fingerprint density at radius 3 is 2.40 bits per heavy atom. The van der Waals surface area contributed by atoms with Gasteiger partial charge in [-0.1, -0.05) is 25.1 Å². The number of hydrogen-bond acceptors (Lipinski definition) is 7. The van der Waals surface area contributed by atoms with Gasteiger partial charge in [0.25, 0.3) is 5.91 Å². The van der Waals surface area contributed by atoms with Crippen molar-refractivity contribution in [2.45, 2.75) is 30.9 Å². The van der Waals surface area contributed by atoms with E-state index in [0.717, 1.165) is 0 Å². The summed E-state index contributed by atoms with van der Waals surface area (Å²) in [5.41, 5.74) is 1.15. The van der Waals surface area contributed by atoms with E-state index in [-0.39, 0.29) is 47.7 Å². The molecule has 1 aliphatic rings. The van der Waals surface area contributed by atoms with E-state index in [1.807, 2.05) is 13.0 Å². The zero-order valence-electron chi connectivity index (χ0n) is 24.0. The summed E-state index contributed by atoms with van der Waals surface area (Å²) >= 11 is 0. The van der Waals surface area contributed by atoms with E-state index >= 15 is 0 Å². The first-order valence-electron chi connectivity index (χ1n) is 13.5. The van der Waals surface area contributed by atoms with Gasteiger partial charge >= 0.3 is 6.03 Å². The lowest BCUT2D eigenvalue weighted by Gasteiger charge is -2.38. The normalized spacial score (nSPS) is 17.9. The number of para-hydroxylation sites is 1. The van der Waals surface area contributed by atoms with Crippen molar-refractivity contribution >= 4 is 33.3 Å². The number of hydrogen-bond donors (Lipinski definition) is 3. The molecule has 224 valence electrons. The summed E-state index contributed by atoms with van der Waals surface area (Å²) in [4.78, 5) is 27.9. The Balaban J connectivity index is 1.61. The minimum Gasteiger partial charge on any atom is -0.497 e. The fourth-order valence-electron chi connectivity index (χ4n) is 4.61. The fourth-order valence-corrected chi connectivity index (χ4v) is 5.80. The van der Waals surface area contributed by atoms with Crippen LogP contribution in [0.3, 0.4) is 0 Å². The number of aliphatic hydroxyl groups excluding tert-OH is 1. The second-order valence-electron chi connectivity index (χ2n) is 10.2. The molecular weight excluding hydrogens is 560 g/mol. The highest BCUT2D eigenvalue weighted by Gasteiger charge is 2.35. The maximum atomic E-state index is 13.7. The number of nitrogens with one attached hydrogen (secondary N) is 2. The first kappa shape index (κ1) is 30.8. The number of carbonyl (C=O) groups excluding carboxylic acids is 2. The van der Waals surface area contributed by atoms with Gasteiger partial charge in [-0.05, 0) is 61.5 Å². The van der Waals surface area contributed by atoms with Gasteiger partial charge in [0.05, 0.1) is 36.8 Å². The van der Waals surface area contributed by atoms with Crippen LogP contribution in [0.25, 0.3) is 0 Å². The molecule has 0 aliphatic carbocycles. The van der Waals surface area contributed by atoms with Gasteiger partial charge in [0, 0.05) is 30.9 Å². The number of nitrogens with zero attached hydrogens (tertiary/aromatic N) is 2. The highest BCUT2D eigenvalue weighted by atomic mass is 32.2. The number of benzene rings is 3. The summed E-state index contributed by atoms with van der Waals surface area (Å²) in [6.07, 6.45) is -0.636. The summed E-state index contributed by atoms with van der Waals surface area (Å²) in [5, 5.41) is 15.4. The molecule has 3 N–H and O–H groups in total. The number of amides is 3. The van der Waals surface area contributed by atoms with Crippen LogP contribution in [0.1, 0.15) is 24.2 Å². The molecule has 4 rings (SSSR count). The number of sulfonamides is 1. The molecule has 0 bridgehead atoms. The zero-order chi connectivity index (χ0) is 30.4. The number of rotatable bonds is 9. The molecule has 0 saturated heterocycles. The van der Waals surface area contributed by atoms with Crippen molar-refractivity contribution in [2.75, 3.05) is 44.5 Å². The van der Waals surface area contributed by atoms with Gasteiger partial charge in [0.2, 0.25) is 10.0 Å². The van der Waals surface area contributed by atoms with Crippen LogP contribution in [0.5, 0.6) is 11.5 Å². The van der Waals surface area contributed by atoms with Crippen LogP contribution in [-0.4, -0.2) is 80.7 Å². The van der Waals surface area contributed by atoms with E-state index in [4.69, 9.17) is 9.47 Å². The number of likely N-dealkylation sites (N-methyl/N-ethyl adjacent to an activating group) is 1. The molecule has 0 radical (unpaired) electrons. The number of anilines is 2. The lowest BCUT2D eigenvalue weighted by atomic mass is 9.99. The summed E-state index contributed by atoms with van der Waals surface area (Å²) in [7, 11) is -0.870. The minimum absolute atomic E-state index is 0.00396. The van der Waals surface area contributed by atoms with Gasteiger partial charge in [-0.25, -0.2) is 13.2 Å². The Labute approximate surface area is 246 Å². The van der Waals surface area contributed by atoms with Gasteiger partial charge < -0.3 is 30.1 Å². The molecular formula is C30H36N4O7S. The van der Waals surface area contributed by atoms with E-state index in [1.165, 1.54) is 36.7 Å². The van der Waals surface area contributed by atoms with E-state index < -0.39 is 28.2 Å². The molecule has 3 aromatic rings. The van der Waals surface area contributed by atoms with Crippen molar-refractivity contribution in [2.24, 2.45) is 5.92 Å². The Morgan fingerprint density at radius 1 is 1.10 bits per heavy atom. The van der Waals surface area contributed by atoms with Gasteiger partial charge in [0.15, 0.2) is 0 Å². The van der Waals surface area contributed by atoms with Crippen LogP contribution in [0.15, 0.2) is 77.7 Å². The van der Waals surface area contributed by atoms with Crippen LogP contribution in [0.4, 0.5) is 16.2 Å². The van der Waals surface area contributed by atoms with E-state index in [9.17, 15) is 23.1 Å². The monoisotopic (exact) mass is 596 g/mol. The quantitative estimate of drug-likeness (QED) is 0.341. The maximum Gasteiger partial charge on any atom is 0.323 e. The van der Waals surface area contributed by atoms with Crippen LogP contribution in [-0.2, 0) is 10.0 Å². The van der Waals surface area contributed by atoms with Gasteiger partial charge in [-0.3, -0.25) is 4.79 Å². The Bertz CT molecular complexity index is 1500. The van der Waals surface area contributed by atoms with Gasteiger partial charge in [-0.2, -0.15) is 4.31 Å². The first-order valence-corrected chi connectivity index (χ1v) is 14.9. The molecule has 1 aliphatic heterocycles. The summed E-state index contributed by atoms with van der Waals surface area (Å²) in [5.74, 6) is 0.123. The topological polar surface area (TPSA) is 138 Å². The highest BCUT2D eigenvalue weighted by Crippen LogP contribution is 2.31. The van der Waals surface area contributed by atoms with Gasteiger partial charge in [-0.15, -0.1) is 0 Å². The molecule has 0 fully saturated rings. The molecule has 3 atom stereocenters. The van der Waals surface area contributed by atoms with Crippen LogP contribution < -0.4 is 20.1 Å². The van der Waals surface area contributed by atoms with Crippen molar-refractivity contribution in [3.63, 3.8) is 0 Å². The number of fused-ring (bicyclic) bond motifs is 1. The third kappa shape index (κ3) is 7.01. The van der Waals surface area contributed by atoms with Gasteiger partial charge in [0.1, 0.15) is 17.6 Å². The number of ether oxygens (including phenoxy) is 2. The Hall–Kier alpha value is -4.13. The SMILES string of the molecule is COc1ccc(S(=O)(=O)N(C)C[C@@H]2Oc3ccc(NC(=O)Nc4ccccc4)cc3C(=O)N([C@H](C)CO)C[C@@H]2C)cc1. The number of urea groups is 1. The van der Waals surface area contributed by atoms with Crippen molar-refractivity contribution in [3.8, 4) is 11.5 Å². The third-order valence-corrected chi connectivity index (χ3v) is 9.00. The van der Waals surface area contributed by atoms with Crippen molar-refractivity contribution in [1.29, 1.82) is 0 Å². The Morgan fingerprint density at radius 2 is 1.76 bits per heavy atom. The second-order valence-corrected chi connectivity index (χ2v) is 12.3. The predicted octanol–water partition coefficient (Wildman–Crippen LogP) is 3.88. The highest BCUT2D eigenvalue weighted by molar-refractivity contribution is 7.89. The molecule has 3 amide bonds. The molecule has 0 aromatic heterocycles. The van der Waals surface area contributed by atoms with Crippen molar-refractivity contribution in [1.82, 2.24) is 9.21 Å². The molecule has 11 nitrogen and oxygen atoms in total. The van der Waals surface area contributed by atoms with Crippen molar-refractivity contribution in [3.05, 3.63) is 78.4 Å². The predicted molar refractivity (Wildman–Crippen MR) is 159 cm³/mol. The number of methoxy groups -OCH3 is 1. The average Bonchev–Trinajstić information content (AvgIpc) is 2.99. The fraction of sp³-hybridized carbons (Fsp3) is 0.333. The molecule has 0 saturated carbocycles. The van der Waals surface area contributed by atoms with E-state index in [1.54, 1.807) is 60.4 Å². The molecule has 42 heavy (non-hydrogen) atoms. The summed E-state index contributed by atoms with van der Waals surface area (Å²) in [6.45, 7) is 3.56. The summed E-state index contributed by atoms with van der Waals surface area (Å²) in [6, 6.07) is 18.8. The van der Waals surface area contributed by atoms with Crippen molar-refractivity contribution < 1.29 is 32.6 Å². The third-order valence-electron chi connectivity index (χ3n) is 7.16.